The zero-order valence-electron chi connectivity index (χ0n) is 14.0. The van der Waals surface area contributed by atoms with Gasteiger partial charge in [-0.05, 0) is 0 Å². The minimum absolute atomic E-state index is 0.146. The van der Waals surface area contributed by atoms with Crippen LogP contribution < -0.4 is 18.7 Å². The summed E-state index contributed by atoms with van der Waals surface area (Å²) < 4.78 is 51.8. The van der Waals surface area contributed by atoms with Crippen LogP contribution in [0.2, 0.25) is 0 Å². The van der Waals surface area contributed by atoms with Crippen molar-refractivity contribution in [3.8, 4) is 17.2 Å². The van der Waals surface area contributed by atoms with Gasteiger partial charge in [-0.1, -0.05) is 0 Å². The number of hydrogen-bond donors (Lipinski definition) is 0. The standard InChI is InChI=1S/C14H23O7PSe/c1-6-20-22(15,21-7-2)10-23(16)11-8-12(17-3)14(19-5)13(9-11)18-4/h8-9H,6-7,10H2,1-5H3. The van der Waals surface area contributed by atoms with Crippen molar-refractivity contribution in [2.24, 2.45) is 0 Å². The molecule has 0 radical (unpaired) electrons. The molecular formula is C14H23O7PSe. The second-order valence-corrected chi connectivity index (χ2v) is 10.3. The summed E-state index contributed by atoms with van der Waals surface area (Å²) in [5.74, 6) is 1.21. The maximum absolute atomic E-state index is 12.7. The van der Waals surface area contributed by atoms with Crippen LogP contribution in [0.5, 0.6) is 17.2 Å². The Labute approximate surface area is 140 Å². The number of rotatable bonds is 10. The number of benzene rings is 1. The molecule has 0 saturated carbocycles. The van der Waals surface area contributed by atoms with Gasteiger partial charge < -0.3 is 0 Å². The molecule has 0 aliphatic rings. The van der Waals surface area contributed by atoms with Crippen LogP contribution in [-0.4, -0.2) is 53.4 Å². The molecule has 132 valence electrons. The third-order valence-corrected chi connectivity index (χ3v) is 9.75. The molecule has 1 rings (SSSR count). The van der Waals surface area contributed by atoms with Crippen molar-refractivity contribution in [1.82, 2.24) is 0 Å². The van der Waals surface area contributed by atoms with Gasteiger partial charge in [0, 0.05) is 0 Å². The van der Waals surface area contributed by atoms with Crippen molar-refractivity contribution in [3.63, 3.8) is 0 Å². The molecule has 0 bridgehead atoms. The zero-order valence-corrected chi connectivity index (χ0v) is 16.6. The Morgan fingerprint density at radius 3 is 1.78 bits per heavy atom. The SMILES string of the molecule is CCOP(=O)(C[Se](=O)c1cc(OC)c(OC)c(OC)c1)OCC. The molecule has 1 atom stereocenters. The van der Waals surface area contributed by atoms with Crippen LogP contribution in [0.3, 0.4) is 0 Å². The fourth-order valence-corrected chi connectivity index (χ4v) is 8.04. The third-order valence-electron chi connectivity index (χ3n) is 2.83. The van der Waals surface area contributed by atoms with Gasteiger partial charge in [0.15, 0.2) is 0 Å². The summed E-state index contributed by atoms with van der Waals surface area (Å²) >= 11 is -2.69. The van der Waals surface area contributed by atoms with E-state index in [9.17, 15) is 8.40 Å². The van der Waals surface area contributed by atoms with Crippen molar-refractivity contribution < 1.29 is 31.7 Å². The van der Waals surface area contributed by atoms with E-state index in [0.717, 1.165) is 0 Å². The molecule has 1 aromatic rings. The van der Waals surface area contributed by atoms with E-state index in [1.165, 1.54) is 21.3 Å². The Bertz CT molecular complexity index is 555. The molecule has 0 saturated heterocycles. The Balaban J connectivity index is 3.14. The molecule has 1 unspecified atom stereocenters. The van der Waals surface area contributed by atoms with Gasteiger partial charge in [-0.2, -0.15) is 0 Å². The van der Waals surface area contributed by atoms with Gasteiger partial charge in [-0.15, -0.1) is 0 Å². The topological polar surface area (TPSA) is 80.3 Å². The van der Waals surface area contributed by atoms with Gasteiger partial charge in [-0.3, -0.25) is 0 Å². The first-order valence-electron chi connectivity index (χ1n) is 7.01. The molecule has 0 aliphatic heterocycles. The summed E-state index contributed by atoms with van der Waals surface area (Å²) in [6, 6.07) is 3.20. The molecule has 0 fully saturated rings. The van der Waals surface area contributed by atoms with Crippen LogP contribution in [0.4, 0.5) is 0 Å². The molecule has 7 nitrogen and oxygen atoms in total. The van der Waals surface area contributed by atoms with E-state index in [1.807, 2.05) is 0 Å². The van der Waals surface area contributed by atoms with Gasteiger partial charge in [0.05, 0.1) is 0 Å². The Hall–Kier alpha value is -0.911. The van der Waals surface area contributed by atoms with Crippen LogP contribution in [0.15, 0.2) is 12.1 Å². The summed E-state index contributed by atoms with van der Waals surface area (Å²) in [4.78, 5) is 0. The molecule has 0 heterocycles. The Morgan fingerprint density at radius 1 is 0.957 bits per heavy atom. The van der Waals surface area contributed by atoms with Crippen LogP contribution in [0.25, 0.3) is 0 Å². The van der Waals surface area contributed by atoms with Crippen molar-refractivity contribution >= 4 is 25.9 Å². The van der Waals surface area contributed by atoms with E-state index < -0.39 is 21.4 Å². The van der Waals surface area contributed by atoms with Crippen LogP contribution >= 0.6 is 7.60 Å². The van der Waals surface area contributed by atoms with Crippen molar-refractivity contribution in [1.29, 1.82) is 0 Å². The molecule has 0 N–H and O–H groups in total. The molecule has 0 amide bonds. The predicted octanol–water partition coefficient (Wildman–Crippen LogP) is 2.15. The van der Waals surface area contributed by atoms with Crippen molar-refractivity contribution in [2.45, 2.75) is 13.8 Å². The summed E-state index contributed by atoms with van der Waals surface area (Å²) in [5, 5.41) is -0.146. The van der Waals surface area contributed by atoms with E-state index in [0.29, 0.717) is 21.7 Å². The zero-order chi connectivity index (χ0) is 17.5. The van der Waals surface area contributed by atoms with E-state index in [2.05, 4.69) is 0 Å². The van der Waals surface area contributed by atoms with Gasteiger partial charge in [-0.25, -0.2) is 0 Å². The molecule has 0 aromatic heterocycles. The van der Waals surface area contributed by atoms with Gasteiger partial charge in [0.1, 0.15) is 0 Å². The molecule has 1 aromatic carbocycles. The van der Waals surface area contributed by atoms with Crippen LogP contribution in [-0.2, 0) is 17.4 Å². The number of ether oxygens (including phenoxy) is 3. The first-order chi connectivity index (χ1) is 10.9. The molecular weight excluding hydrogens is 390 g/mol. The summed E-state index contributed by atoms with van der Waals surface area (Å²) in [7, 11) is 1.07. The van der Waals surface area contributed by atoms with E-state index >= 15 is 0 Å². The Morgan fingerprint density at radius 2 is 1.43 bits per heavy atom. The second kappa shape index (κ2) is 9.40. The minimum atomic E-state index is -3.38. The molecule has 23 heavy (non-hydrogen) atoms. The monoisotopic (exact) mass is 414 g/mol. The summed E-state index contributed by atoms with van der Waals surface area (Å²) in [6.07, 6.45) is 0. The van der Waals surface area contributed by atoms with Gasteiger partial charge in [0.2, 0.25) is 0 Å². The number of methoxy groups -OCH3 is 3. The molecule has 9 heteroatoms. The second-order valence-electron chi connectivity index (χ2n) is 4.28. The van der Waals surface area contributed by atoms with E-state index in [1.54, 1.807) is 26.0 Å². The summed E-state index contributed by atoms with van der Waals surface area (Å²) in [5.41, 5.74) is 0. The fourth-order valence-electron chi connectivity index (χ4n) is 1.91. The average Bonchev–Trinajstić information content (AvgIpc) is 2.53. The van der Waals surface area contributed by atoms with Crippen LogP contribution in [0, 0.1) is 0 Å². The Kier molecular flexibility index (Phi) is 8.23. The first kappa shape index (κ1) is 20.1. The number of hydrogen-bond acceptors (Lipinski definition) is 7. The van der Waals surface area contributed by atoms with Gasteiger partial charge >= 0.3 is 140 Å². The van der Waals surface area contributed by atoms with Crippen LogP contribution in [0.1, 0.15) is 13.8 Å². The van der Waals surface area contributed by atoms with E-state index in [4.69, 9.17) is 23.3 Å². The first-order valence-corrected chi connectivity index (χ1v) is 11.5. The average molecular weight is 413 g/mol. The molecule has 0 spiro atoms. The quantitative estimate of drug-likeness (QED) is 0.430. The molecule has 0 aliphatic carbocycles. The summed E-state index contributed by atoms with van der Waals surface area (Å²) in [6.45, 7) is 3.88. The van der Waals surface area contributed by atoms with Crippen molar-refractivity contribution in [3.05, 3.63) is 12.1 Å². The predicted molar refractivity (Wildman–Crippen MR) is 87.9 cm³/mol. The van der Waals surface area contributed by atoms with E-state index in [-0.39, 0.29) is 18.3 Å². The maximum atomic E-state index is 12.7. The normalized spacial score (nSPS) is 12.7. The fraction of sp³-hybridized carbons (Fsp3) is 0.571. The van der Waals surface area contributed by atoms with Gasteiger partial charge in [0.25, 0.3) is 0 Å². The third kappa shape index (κ3) is 5.30. The van der Waals surface area contributed by atoms with Crippen molar-refractivity contribution in [2.75, 3.05) is 39.6 Å².